The van der Waals surface area contributed by atoms with Gasteiger partial charge in [-0.3, -0.25) is 4.79 Å². The molecule has 0 saturated heterocycles. The normalized spacial score (nSPS) is 14.3. The van der Waals surface area contributed by atoms with Crippen LogP contribution in [0, 0.1) is 5.92 Å². The predicted octanol–water partition coefficient (Wildman–Crippen LogP) is 5.57. The van der Waals surface area contributed by atoms with Gasteiger partial charge in [-0.15, -0.1) is 12.4 Å². The number of alkyl halides is 3. The van der Waals surface area contributed by atoms with Crippen LogP contribution in [0.4, 0.5) is 18.9 Å². The molecule has 29 heavy (non-hydrogen) atoms. The van der Waals surface area contributed by atoms with Crippen molar-refractivity contribution in [2.24, 2.45) is 5.92 Å². The van der Waals surface area contributed by atoms with Gasteiger partial charge in [0, 0.05) is 24.3 Å². The maximum Gasteiger partial charge on any atom is 0.416 e. The van der Waals surface area contributed by atoms with Gasteiger partial charge in [0.2, 0.25) is 0 Å². The van der Waals surface area contributed by atoms with Gasteiger partial charge in [0.05, 0.1) is 5.56 Å². The van der Waals surface area contributed by atoms with Gasteiger partial charge < -0.3 is 10.2 Å². The third kappa shape index (κ3) is 5.73. The fourth-order valence-electron chi connectivity index (χ4n) is 3.58. The third-order valence-electron chi connectivity index (χ3n) is 4.97. The molecular formula is C22H26ClF3N2O. The fourth-order valence-corrected chi connectivity index (χ4v) is 3.58. The van der Waals surface area contributed by atoms with E-state index in [1.807, 2.05) is 33.0 Å². The topological polar surface area (TPSA) is 32.3 Å². The number of carbonyl (C=O) groups excluding carboxylic acids is 1. The van der Waals surface area contributed by atoms with E-state index < -0.39 is 17.6 Å². The second-order valence-corrected chi connectivity index (χ2v) is 7.89. The summed E-state index contributed by atoms with van der Waals surface area (Å²) in [5, 5.41) is 2.74. The molecule has 158 valence electrons. The molecule has 3 rings (SSSR count). The van der Waals surface area contributed by atoms with Gasteiger partial charge in [0.1, 0.15) is 0 Å². The third-order valence-corrected chi connectivity index (χ3v) is 4.97. The van der Waals surface area contributed by atoms with E-state index in [1.54, 1.807) is 6.07 Å². The first-order chi connectivity index (χ1) is 13.1. The number of nitrogens with zero attached hydrogens (tertiary/aromatic N) is 1. The molecule has 2 aromatic rings. The Morgan fingerprint density at radius 3 is 2.52 bits per heavy atom. The van der Waals surface area contributed by atoms with E-state index in [-0.39, 0.29) is 29.5 Å². The van der Waals surface area contributed by atoms with Crippen molar-refractivity contribution in [3.63, 3.8) is 0 Å². The van der Waals surface area contributed by atoms with Gasteiger partial charge in [-0.05, 0) is 66.8 Å². The Labute approximate surface area is 175 Å². The highest BCUT2D eigenvalue weighted by atomic mass is 35.5. The highest BCUT2D eigenvalue weighted by molar-refractivity contribution is 6.04. The molecule has 1 aliphatic heterocycles. The number of benzene rings is 2. The van der Waals surface area contributed by atoms with E-state index in [2.05, 4.69) is 10.2 Å². The van der Waals surface area contributed by atoms with Gasteiger partial charge in [-0.25, -0.2) is 0 Å². The molecule has 0 fully saturated rings. The summed E-state index contributed by atoms with van der Waals surface area (Å²) in [5.74, 6) is -0.444. The molecule has 1 N–H and O–H groups in total. The van der Waals surface area contributed by atoms with Crippen molar-refractivity contribution in [2.75, 3.05) is 18.9 Å². The van der Waals surface area contributed by atoms with E-state index >= 15 is 0 Å². The number of hydrogen-bond donors (Lipinski definition) is 1. The first-order valence-corrected chi connectivity index (χ1v) is 9.45. The number of rotatable bonds is 4. The van der Waals surface area contributed by atoms with Crippen molar-refractivity contribution in [3.8, 4) is 0 Å². The molecule has 1 heterocycles. The van der Waals surface area contributed by atoms with Crippen molar-refractivity contribution in [1.82, 2.24) is 4.90 Å². The van der Waals surface area contributed by atoms with Crippen LogP contribution in [0.3, 0.4) is 0 Å². The number of likely N-dealkylation sites (N-methyl/N-ethyl adjacent to an activating group) is 1. The summed E-state index contributed by atoms with van der Waals surface area (Å²) < 4.78 is 40.4. The van der Waals surface area contributed by atoms with Gasteiger partial charge in [-0.1, -0.05) is 26.0 Å². The molecule has 0 bridgehead atoms. The Bertz CT molecular complexity index is 881. The van der Waals surface area contributed by atoms with Crippen LogP contribution in [0.1, 0.15) is 46.5 Å². The number of amides is 1. The summed E-state index contributed by atoms with van der Waals surface area (Å²) in [4.78, 5) is 14.8. The molecular weight excluding hydrogens is 401 g/mol. The van der Waals surface area contributed by atoms with Crippen LogP contribution in [0.25, 0.3) is 0 Å². The number of anilines is 1. The molecule has 3 nitrogen and oxygen atoms in total. The zero-order valence-corrected chi connectivity index (χ0v) is 17.6. The quantitative estimate of drug-likeness (QED) is 0.693. The smallest absolute Gasteiger partial charge is 0.322 e. The summed E-state index contributed by atoms with van der Waals surface area (Å²) in [5.41, 5.74) is 2.47. The lowest BCUT2D eigenvalue weighted by molar-refractivity contribution is -0.138. The first kappa shape index (κ1) is 23.2. The SMILES string of the molecule is CC(C)Cc1ccc(C(=O)Nc2ccc3c(c2)CN(C)CC3)cc1C(F)(F)F.Cl. The molecule has 2 aromatic carbocycles. The Morgan fingerprint density at radius 1 is 1.14 bits per heavy atom. The Balaban J connectivity index is 0.00000300. The molecule has 0 radical (unpaired) electrons. The maximum atomic E-state index is 13.5. The molecule has 0 spiro atoms. The van der Waals surface area contributed by atoms with E-state index in [1.165, 1.54) is 17.7 Å². The summed E-state index contributed by atoms with van der Waals surface area (Å²) >= 11 is 0. The molecule has 7 heteroatoms. The number of carbonyl (C=O) groups is 1. The van der Waals surface area contributed by atoms with Crippen LogP contribution in [0.5, 0.6) is 0 Å². The molecule has 0 atom stereocenters. The standard InChI is InChI=1S/C22H25F3N2O.ClH/c1-14(2)10-16-4-5-17(12-20(16)22(23,24)25)21(28)26-19-7-6-15-8-9-27(3)13-18(15)11-19;/h4-7,11-12,14H,8-10,13H2,1-3H3,(H,26,28);1H. The number of halogens is 4. The van der Waals surface area contributed by atoms with Gasteiger partial charge in [0.25, 0.3) is 5.91 Å². The van der Waals surface area contributed by atoms with Crippen LogP contribution in [0.2, 0.25) is 0 Å². The van der Waals surface area contributed by atoms with Crippen LogP contribution in [0.15, 0.2) is 36.4 Å². The average Bonchev–Trinajstić information content (AvgIpc) is 2.60. The molecule has 0 aliphatic carbocycles. The van der Waals surface area contributed by atoms with Crippen molar-refractivity contribution in [1.29, 1.82) is 0 Å². The minimum absolute atomic E-state index is 0. The number of fused-ring (bicyclic) bond motifs is 1. The average molecular weight is 427 g/mol. The van der Waals surface area contributed by atoms with Crippen molar-refractivity contribution in [2.45, 2.75) is 39.4 Å². The van der Waals surface area contributed by atoms with Crippen molar-refractivity contribution in [3.05, 3.63) is 64.2 Å². The zero-order chi connectivity index (χ0) is 20.5. The lowest BCUT2D eigenvalue weighted by atomic mass is 9.95. The van der Waals surface area contributed by atoms with E-state index in [4.69, 9.17) is 0 Å². The highest BCUT2D eigenvalue weighted by Crippen LogP contribution is 2.34. The van der Waals surface area contributed by atoms with Gasteiger partial charge >= 0.3 is 6.18 Å². The monoisotopic (exact) mass is 426 g/mol. The predicted molar refractivity (Wildman–Crippen MR) is 112 cm³/mol. The van der Waals surface area contributed by atoms with Gasteiger partial charge in [-0.2, -0.15) is 13.2 Å². The lowest BCUT2D eigenvalue weighted by Crippen LogP contribution is -2.26. The van der Waals surface area contributed by atoms with E-state index in [0.717, 1.165) is 31.1 Å². The van der Waals surface area contributed by atoms with Crippen LogP contribution in [-0.2, 0) is 25.6 Å². The lowest BCUT2D eigenvalue weighted by Gasteiger charge is -2.25. The van der Waals surface area contributed by atoms with E-state index in [9.17, 15) is 18.0 Å². The summed E-state index contributed by atoms with van der Waals surface area (Å²) in [6.07, 6.45) is -3.22. The van der Waals surface area contributed by atoms with Crippen molar-refractivity contribution >= 4 is 24.0 Å². The number of nitrogens with one attached hydrogen (secondary N) is 1. The molecule has 1 aliphatic rings. The minimum atomic E-state index is -4.49. The minimum Gasteiger partial charge on any atom is -0.322 e. The Kier molecular flexibility index (Phi) is 7.35. The molecule has 0 aromatic heterocycles. The molecule has 1 amide bonds. The second-order valence-electron chi connectivity index (χ2n) is 7.89. The van der Waals surface area contributed by atoms with Crippen LogP contribution >= 0.6 is 12.4 Å². The zero-order valence-electron chi connectivity index (χ0n) is 16.8. The Morgan fingerprint density at radius 2 is 1.86 bits per heavy atom. The summed E-state index contributed by atoms with van der Waals surface area (Å²) in [6.45, 7) is 5.52. The van der Waals surface area contributed by atoms with E-state index in [0.29, 0.717) is 12.1 Å². The van der Waals surface area contributed by atoms with Crippen molar-refractivity contribution < 1.29 is 18.0 Å². The largest absolute Gasteiger partial charge is 0.416 e. The molecule has 0 saturated carbocycles. The Hall–Kier alpha value is -2.05. The maximum absolute atomic E-state index is 13.5. The fraction of sp³-hybridized carbons (Fsp3) is 0.409. The molecule has 0 unspecified atom stereocenters. The van der Waals surface area contributed by atoms with Gasteiger partial charge in [0.15, 0.2) is 0 Å². The first-order valence-electron chi connectivity index (χ1n) is 9.45. The second kappa shape index (κ2) is 9.18. The van der Waals surface area contributed by atoms with Crippen LogP contribution < -0.4 is 5.32 Å². The summed E-state index contributed by atoms with van der Waals surface area (Å²) in [6, 6.07) is 9.53. The highest BCUT2D eigenvalue weighted by Gasteiger charge is 2.34. The van der Waals surface area contributed by atoms with Crippen LogP contribution in [-0.4, -0.2) is 24.4 Å². The summed E-state index contributed by atoms with van der Waals surface area (Å²) in [7, 11) is 2.03. The number of hydrogen-bond acceptors (Lipinski definition) is 2.